The predicted molar refractivity (Wildman–Crippen MR) is 162 cm³/mol. The fraction of sp³-hybridized carbons (Fsp3) is 0.812. The van der Waals surface area contributed by atoms with Gasteiger partial charge in [0.25, 0.3) is 5.91 Å². The Morgan fingerprint density at radius 1 is 0.884 bits per heavy atom. The molecule has 0 spiro atoms. The van der Waals surface area contributed by atoms with E-state index in [2.05, 4.69) is 16.0 Å². The number of carbonyl (C=O) groups is 6. The second-order valence-corrected chi connectivity index (χ2v) is 14.2. The van der Waals surface area contributed by atoms with Crippen molar-refractivity contribution in [1.82, 2.24) is 20.9 Å². The molecule has 3 aliphatic rings. The van der Waals surface area contributed by atoms with Crippen LogP contribution in [-0.4, -0.2) is 70.9 Å². The minimum Gasteiger partial charge on any atom is -0.363 e. The van der Waals surface area contributed by atoms with E-state index in [0.29, 0.717) is 19.4 Å². The molecule has 1 aliphatic heterocycles. The van der Waals surface area contributed by atoms with E-state index >= 15 is 0 Å². The summed E-state index contributed by atoms with van der Waals surface area (Å²) in [4.78, 5) is 80.1. The fourth-order valence-corrected chi connectivity index (χ4v) is 6.72. The van der Waals surface area contributed by atoms with Crippen molar-refractivity contribution < 1.29 is 28.8 Å². The second kappa shape index (κ2) is 14.7. The maximum atomic E-state index is 14.2. The van der Waals surface area contributed by atoms with Crippen LogP contribution in [0.2, 0.25) is 0 Å². The van der Waals surface area contributed by atoms with Crippen LogP contribution in [0.15, 0.2) is 0 Å². The van der Waals surface area contributed by atoms with Gasteiger partial charge in [0.2, 0.25) is 17.6 Å². The van der Waals surface area contributed by atoms with Crippen LogP contribution in [-0.2, 0) is 24.0 Å². The van der Waals surface area contributed by atoms with Crippen LogP contribution in [0.3, 0.4) is 0 Å². The van der Waals surface area contributed by atoms with Crippen molar-refractivity contribution >= 4 is 35.3 Å². The molecule has 0 radical (unpaired) electrons. The zero-order valence-corrected chi connectivity index (χ0v) is 26.9. The molecule has 2 saturated carbocycles. The first-order chi connectivity index (χ1) is 20.2. The van der Waals surface area contributed by atoms with E-state index in [9.17, 15) is 28.8 Å². The van der Waals surface area contributed by atoms with Gasteiger partial charge >= 0.3 is 6.03 Å². The quantitative estimate of drug-likeness (QED) is 0.236. The molecule has 3 fully saturated rings. The summed E-state index contributed by atoms with van der Waals surface area (Å²) in [6, 6.07) is -4.06. The van der Waals surface area contributed by atoms with Crippen LogP contribution in [0.4, 0.5) is 4.79 Å². The van der Waals surface area contributed by atoms with Crippen LogP contribution in [0, 0.1) is 29.1 Å². The average molecular weight is 604 g/mol. The van der Waals surface area contributed by atoms with Crippen LogP contribution < -0.4 is 21.7 Å². The van der Waals surface area contributed by atoms with E-state index in [1.165, 1.54) is 4.90 Å². The number of ketones is 2. The average Bonchev–Trinajstić information content (AvgIpc) is 3.70. The number of nitrogens with two attached hydrogens (primary N) is 1. The zero-order valence-electron chi connectivity index (χ0n) is 26.9. The smallest absolute Gasteiger partial charge is 0.316 e. The summed E-state index contributed by atoms with van der Waals surface area (Å²) in [6.45, 7) is 11.6. The highest BCUT2D eigenvalue weighted by Gasteiger charge is 2.48. The van der Waals surface area contributed by atoms with Gasteiger partial charge in [0.1, 0.15) is 12.1 Å². The number of hydrogen-bond acceptors (Lipinski definition) is 6. The van der Waals surface area contributed by atoms with Crippen molar-refractivity contribution in [2.45, 2.75) is 130 Å². The van der Waals surface area contributed by atoms with Crippen molar-refractivity contribution in [3.63, 3.8) is 0 Å². The molecule has 5 N–H and O–H groups in total. The Balaban J connectivity index is 1.81. The lowest BCUT2D eigenvalue weighted by molar-refractivity contribution is -0.144. The van der Waals surface area contributed by atoms with E-state index in [0.717, 1.165) is 44.9 Å². The molecule has 1 unspecified atom stereocenters. The van der Waals surface area contributed by atoms with E-state index in [1.54, 1.807) is 0 Å². The van der Waals surface area contributed by atoms with Crippen LogP contribution in [0.1, 0.15) is 106 Å². The standard InChI is InChI=1S/C32H53N5O6/c1-7-11-22(26(39)28(33)40)34-29(41)24-21(18(2)3)16-17-37(24)30(42)27(32(4,5)6)36-31(43)35-23(25(38)20-14-15-20)19-12-9-8-10-13-19/h18-24,27H,7-17H2,1-6H3,(H2,33,40)(H,34,41)(H2,35,36,43)/t21-,22?,23+,24+,27-/m1/s1. The Bertz CT molecular complexity index is 1060. The largest absolute Gasteiger partial charge is 0.363 e. The van der Waals surface area contributed by atoms with Gasteiger partial charge in [0.15, 0.2) is 5.78 Å². The molecule has 1 heterocycles. The number of carbonyl (C=O) groups excluding carboxylic acids is 6. The summed E-state index contributed by atoms with van der Waals surface area (Å²) in [5, 5.41) is 8.52. The molecule has 11 heteroatoms. The molecule has 2 aliphatic carbocycles. The maximum Gasteiger partial charge on any atom is 0.316 e. The lowest BCUT2D eigenvalue weighted by Gasteiger charge is -2.37. The minimum absolute atomic E-state index is 0.00193. The number of hydrogen-bond donors (Lipinski definition) is 4. The molecule has 0 aromatic heterocycles. The van der Waals surface area contributed by atoms with E-state index in [4.69, 9.17) is 5.73 Å². The molecule has 3 rings (SSSR count). The summed E-state index contributed by atoms with van der Waals surface area (Å²) in [7, 11) is 0. The van der Waals surface area contributed by atoms with E-state index < -0.39 is 59.1 Å². The number of likely N-dealkylation sites (tertiary alicyclic amines) is 1. The number of nitrogens with one attached hydrogen (secondary N) is 3. The Morgan fingerprint density at radius 2 is 1.51 bits per heavy atom. The Morgan fingerprint density at radius 3 is 2.02 bits per heavy atom. The molecule has 5 atom stereocenters. The molecule has 242 valence electrons. The molecular weight excluding hydrogens is 550 g/mol. The molecule has 1 saturated heterocycles. The molecule has 43 heavy (non-hydrogen) atoms. The van der Waals surface area contributed by atoms with Crippen molar-refractivity contribution in [1.29, 1.82) is 0 Å². The van der Waals surface area contributed by atoms with Gasteiger partial charge in [-0.05, 0) is 61.7 Å². The van der Waals surface area contributed by atoms with Gasteiger partial charge in [-0.1, -0.05) is 67.2 Å². The Hall–Kier alpha value is -2.98. The van der Waals surface area contributed by atoms with Crippen LogP contribution in [0.5, 0.6) is 0 Å². The predicted octanol–water partition coefficient (Wildman–Crippen LogP) is 2.84. The third-order valence-electron chi connectivity index (χ3n) is 9.39. The van der Waals surface area contributed by atoms with Gasteiger partial charge in [0.05, 0.1) is 12.1 Å². The van der Waals surface area contributed by atoms with Gasteiger partial charge < -0.3 is 26.6 Å². The fourth-order valence-electron chi connectivity index (χ4n) is 6.72. The topological polar surface area (TPSA) is 168 Å². The number of urea groups is 1. The number of primary amides is 1. The van der Waals surface area contributed by atoms with Crippen molar-refractivity contribution in [2.24, 2.45) is 34.8 Å². The van der Waals surface area contributed by atoms with Crippen molar-refractivity contribution in [2.75, 3.05) is 6.54 Å². The highest BCUT2D eigenvalue weighted by molar-refractivity contribution is 6.37. The SMILES string of the molecule is CCCC(NC(=O)[C@@H]1[C@@H](C(C)C)CCN1C(=O)[C@@H](NC(=O)N[C@H](C(=O)C1CC1)C1CCCCC1)C(C)(C)C)C(=O)C(N)=O. The molecule has 0 aromatic carbocycles. The summed E-state index contributed by atoms with van der Waals surface area (Å²) < 4.78 is 0. The Labute approximate surface area is 256 Å². The first kappa shape index (κ1) is 34.5. The van der Waals surface area contributed by atoms with Crippen molar-refractivity contribution in [3.05, 3.63) is 0 Å². The van der Waals surface area contributed by atoms with Gasteiger partial charge in [-0.25, -0.2) is 4.79 Å². The van der Waals surface area contributed by atoms with Crippen LogP contribution >= 0.6 is 0 Å². The van der Waals surface area contributed by atoms with E-state index in [-0.39, 0.29) is 35.9 Å². The summed E-state index contributed by atoms with van der Waals surface area (Å²) in [5.74, 6) is -2.85. The summed E-state index contributed by atoms with van der Waals surface area (Å²) in [5.41, 5.74) is 4.52. The maximum absolute atomic E-state index is 14.2. The lowest BCUT2D eigenvalue weighted by Crippen LogP contribution is -2.62. The molecule has 0 bridgehead atoms. The molecule has 5 amide bonds. The Kier molecular flexibility index (Phi) is 11.8. The minimum atomic E-state index is -1.12. The van der Waals surface area contributed by atoms with E-state index in [1.807, 2.05) is 41.5 Å². The van der Waals surface area contributed by atoms with Gasteiger partial charge in [-0.3, -0.25) is 24.0 Å². The second-order valence-electron chi connectivity index (χ2n) is 14.2. The number of nitrogens with zero attached hydrogens (tertiary/aromatic N) is 1. The normalized spacial score (nSPS) is 23.3. The summed E-state index contributed by atoms with van der Waals surface area (Å²) >= 11 is 0. The third-order valence-corrected chi connectivity index (χ3v) is 9.39. The number of Topliss-reactive ketones (excluding diaryl/α,β-unsaturated/α-hetero) is 2. The van der Waals surface area contributed by atoms with Gasteiger partial charge in [-0.15, -0.1) is 0 Å². The molecule has 11 nitrogen and oxygen atoms in total. The van der Waals surface area contributed by atoms with Gasteiger partial charge in [0, 0.05) is 12.5 Å². The van der Waals surface area contributed by atoms with Gasteiger partial charge in [-0.2, -0.15) is 0 Å². The highest BCUT2D eigenvalue weighted by atomic mass is 16.2. The van der Waals surface area contributed by atoms with Crippen molar-refractivity contribution in [3.8, 4) is 0 Å². The monoisotopic (exact) mass is 603 g/mol. The van der Waals surface area contributed by atoms with Crippen LogP contribution in [0.25, 0.3) is 0 Å². The zero-order chi connectivity index (χ0) is 32.1. The first-order valence-corrected chi connectivity index (χ1v) is 16.2. The third kappa shape index (κ3) is 8.79. The molecule has 0 aromatic rings. The molecular formula is C32H53N5O6. The lowest BCUT2D eigenvalue weighted by atomic mass is 9.81. The number of rotatable bonds is 13. The highest BCUT2D eigenvalue weighted by Crippen LogP contribution is 2.36. The first-order valence-electron chi connectivity index (χ1n) is 16.2. The number of amides is 5. The summed E-state index contributed by atoms with van der Waals surface area (Å²) in [6.07, 6.45) is 8.05.